The Morgan fingerprint density at radius 2 is 2.12 bits per heavy atom. The zero-order chi connectivity index (χ0) is 17.3. The van der Waals surface area contributed by atoms with E-state index >= 15 is 0 Å². The Bertz CT molecular complexity index is 797. The summed E-state index contributed by atoms with van der Waals surface area (Å²) in [6.45, 7) is 2.08. The van der Waals surface area contributed by atoms with Crippen LogP contribution in [0.3, 0.4) is 0 Å². The van der Waals surface area contributed by atoms with Gasteiger partial charge in [0.1, 0.15) is 12.4 Å². The minimum Gasteiger partial charge on any atom is -0.492 e. The first-order chi connectivity index (χ1) is 11.4. The fourth-order valence-electron chi connectivity index (χ4n) is 2.46. The van der Waals surface area contributed by atoms with Crippen molar-refractivity contribution in [2.24, 2.45) is 0 Å². The minimum atomic E-state index is -1.04. The maximum atomic E-state index is 12.7. The van der Waals surface area contributed by atoms with E-state index in [4.69, 9.17) is 16.3 Å². The highest BCUT2D eigenvalue weighted by molar-refractivity contribution is 9.11. The molecule has 24 heavy (non-hydrogen) atoms. The molecule has 1 aliphatic rings. The summed E-state index contributed by atoms with van der Waals surface area (Å²) < 4.78 is 6.47. The second-order valence-corrected chi connectivity index (χ2v) is 8.32. The molecule has 3 amide bonds. The van der Waals surface area contributed by atoms with Crippen LogP contribution in [0, 0.1) is 0 Å². The molecule has 1 aromatic heterocycles. The molecule has 0 bridgehead atoms. The summed E-state index contributed by atoms with van der Waals surface area (Å²) in [7, 11) is 0. The molecule has 1 N–H and O–H groups in total. The lowest BCUT2D eigenvalue weighted by Crippen LogP contribution is -2.40. The van der Waals surface area contributed by atoms with Gasteiger partial charge in [0, 0.05) is 9.90 Å². The molecule has 3 rings (SSSR count). The average molecular weight is 430 g/mol. The summed E-state index contributed by atoms with van der Waals surface area (Å²) in [5.74, 6) is 0.316. The fourth-order valence-corrected chi connectivity index (χ4v) is 4.12. The SMILES string of the molecule is CC1(c2ccc(Br)s2)NC(=O)N(CCOc2cccc(Cl)c2)C1=O. The van der Waals surface area contributed by atoms with Gasteiger partial charge in [-0.25, -0.2) is 4.79 Å². The number of rotatable bonds is 5. The number of urea groups is 1. The number of amides is 3. The lowest BCUT2D eigenvalue weighted by atomic mass is 10.0. The van der Waals surface area contributed by atoms with Crippen LogP contribution < -0.4 is 10.1 Å². The number of ether oxygens (including phenoxy) is 1. The average Bonchev–Trinajstić information content (AvgIpc) is 3.05. The molecular formula is C16H14BrClN2O3S. The van der Waals surface area contributed by atoms with E-state index in [0.717, 1.165) is 8.66 Å². The van der Waals surface area contributed by atoms with Crippen LogP contribution in [0.25, 0.3) is 0 Å². The van der Waals surface area contributed by atoms with Gasteiger partial charge in [0.05, 0.1) is 10.3 Å². The Labute approximate surface area is 156 Å². The van der Waals surface area contributed by atoms with E-state index in [0.29, 0.717) is 10.8 Å². The molecule has 1 unspecified atom stereocenters. The first-order valence-corrected chi connectivity index (χ1v) is 9.17. The number of nitrogens with zero attached hydrogens (tertiary/aromatic N) is 1. The van der Waals surface area contributed by atoms with E-state index in [-0.39, 0.29) is 19.1 Å². The second-order valence-electron chi connectivity index (χ2n) is 5.42. The van der Waals surface area contributed by atoms with Crippen LogP contribution in [0.5, 0.6) is 5.75 Å². The summed E-state index contributed by atoms with van der Waals surface area (Å²) in [5.41, 5.74) is -1.04. The summed E-state index contributed by atoms with van der Waals surface area (Å²) in [5, 5.41) is 3.34. The molecule has 8 heteroatoms. The molecule has 1 atom stereocenters. The molecule has 0 aliphatic carbocycles. The van der Waals surface area contributed by atoms with Crippen LogP contribution in [0.4, 0.5) is 4.79 Å². The maximum Gasteiger partial charge on any atom is 0.325 e. The van der Waals surface area contributed by atoms with Crippen LogP contribution in [-0.4, -0.2) is 30.0 Å². The predicted molar refractivity (Wildman–Crippen MR) is 96.6 cm³/mol. The molecule has 1 fully saturated rings. The van der Waals surface area contributed by atoms with Crippen LogP contribution in [0.15, 0.2) is 40.2 Å². The standard InChI is InChI=1S/C16H14BrClN2O3S/c1-16(12-5-6-13(17)24-12)14(21)20(15(22)19-16)7-8-23-11-4-2-3-10(18)9-11/h2-6,9H,7-8H2,1H3,(H,19,22). The number of carbonyl (C=O) groups is 2. The minimum absolute atomic E-state index is 0.166. The molecule has 1 saturated heterocycles. The largest absolute Gasteiger partial charge is 0.492 e. The van der Waals surface area contributed by atoms with Gasteiger partial charge in [-0.3, -0.25) is 9.69 Å². The van der Waals surface area contributed by atoms with Gasteiger partial charge in [-0.15, -0.1) is 11.3 Å². The Kier molecular flexibility index (Phi) is 4.85. The van der Waals surface area contributed by atoms with E-state index in [1.807, 2.05) is 12.1 Å². The molecule has 2 aromatic rings. The van der Waals surface area contributed by atoms with E-state index < -0.39 is 11.6 Å². The number of hydrogen-bond acceptors (Lipinski definition) is 4. The Hall–Kier alpha value is -1.57. The zero-order valence-corrected chi connectivity index (χ0v) is 15.9. The molecule has 126 valence electrons. The Morgan fingerprint density at radius 3 is 2.79 bits per heavy atom. The smallest absolute Gasteiger partial charge is 0.325 e. The third kappa shape index (κ3) is 3.29. The molecule has 0 saturated carbocycles. The summed E-state index contributed by atoms with van der Waals surface area (Å²) in [6, 6.07) is 10.2. The Morgan fingerprint density at radius 1 is 1.33 bits per heavy atom. The highest BCUT2D eigenvalue weighted by atomic mass is 79.9. The second kappa shape index (κ2) is 6.74. The first kappa shape index (κ1) is 17.3. The van der Waals surface area contributed by atoms with Crippen molar-refractivity contribution >= 4 is 50.8 Å². The van der Waals surface area contributed by atoms with Crippen molar-refractivity contribution in [2.45, 2.75) is 12.5 Å². The molecule has 0 radical (unpaired) electrons. The van der Waals surface area contributed by atoms with Gasteiger partial charge < -0.3 is 10.1 Å². The molecule has 0 spiro atoms. The number of imide groups is 1. The van der Waals surface area contributed by atoms with E-state index in [1.165, 1.54) is 16.2 Å². The van der Waals surface area contributed by atoms with Crippen LogP contribution in [-0.2, 0) is 10.3 Å². The number of nitrogens with one attached hydrogen (secondary N) is 1. The monoisotopic (exact) mass is 428 g/mol. The third-order valence-corrected chi connectivity index (χ3v) is 5.80. The molecule has 2 heterocycles. The maximum absolute atomic E-state index is 12.7. The van der Waals surface area contributed by atoms with Gasteiger partial charge in [0.15, 0.2) is 5.54 Å². The first-order valence-electron chi connectivity index (χ1n) is 7.18. The highest BCUT2D eigenvalue weighted by Gasteiger charge is 2.49. The Balaban J connectivity index is 1.66. The van der Waals surface area contributed by atoms with Gasteiger partial charge in [-0.1, -0.05) is 17.7 Å². The van der Waals surface area contributed by atoms with Gasteiger partial charge in [-0.2, -0.15) is 0 Å². The van der Waals surface area contributed by atoms with Crippen LogP contribution in [0.1, 0.15) is 11.8 Å². The van der Waals surface area contributed by atoms with E-state index in [9.17, 15) is 9.59 Å². The summed E-state index contributed by atoms with van der Waals surface area (Å²) in [6.07, 6.45) is 0. The van der Waals surface area contributed by atoms with Gasteiger partial charge in [0.2, 0.25) is 0 Å². The van der Waals surface area contributed by atoms with Crippen molar-refractivity contribution < 1.29 is 14.3 Å². The third-order valence-electron chi connectivity index (χ3n) is 3.72. The van der Waals surface area contributed by atoms with Gasteiger partial charge >= 0.3 is 6.03 Å². The van der Waals surface area contributed by atoms with Gasteiger partial charge in [-0.05, 0) is 53.2 Å². The van der Waals surface area contributed by atoms with Gasteiger partial charge in [0.25, 0.3) is 5.91 Å². The molecular weight excluding hydrogens is 416 g/mol. The van der Waals surface area contributed by atoms with Crippen molar-refractivity contribution in [1.29, 1.82) is 0 Å². The van der Waals surface area contributed by atoms with E-state index in [1.54, 1.807) is 31.2 Å². The van der Waals surface area contributed by atoms with Crippen molar-refractivity contribution in [3.8, 4) is 5.75 Å². The van der Waals surface area contributed by atoms with Crippen molar-refractivity contribution in [2.75, 3.05) is 13.2 Å². The number of thiophene rings is 1. The van der Waals surface area contributed by atoms with E-state index in [2.05, 4.69) is 21.2 Å². The van der Waals surface area contributed by atoms with Crippen molar-refractivity contribution in [3.05, 3.63) is 50.1 Å². The summed E-state index contributed by atoms with van der Waals surface area (Å²) in [4.78, 5) is 26.9. The fraction of sp³-hybridized carbons (Fsp3) is 0.250. The summed E-state index contributed by atoms with van der Waals surface area (Å²) >= 11 is 10.7. The van der Waals surface area contributed by atoms with Crippen LogP contribution in [0.2, 0.25) is 5.02 Å². The molecule has 1 aromatic carbocycles. The quantitative estimate of drug-likeness (QED) is 0.731. The number of carbonyl (C=O) groups excluding carboxylic acids is 2. The molecule has 5 nitrogen and oxygen atoms in total. The lowest BCUT2D eigenvalue weighted by Gasteiger charge is -2.20. The predicted octanol–water partition coefficient (Wildman–Crippen LogP) is 4.01. The topological polar surface area (TPSA) is 58.6 Å². The number of benzene rings is 1. The molecule has 1 aliphatic heterocycles. The number of halogens is 2. The van der Waals surface area contributed by atoms with Crippen molar-refractivity contribution in [3.63, 3.8) is 0 Å². The lowest BCUT2D eigenvalue weighted by molar-refractivity contribution is -0.131. The number of hydrogen-bond donors (Lipinski definition) is 1. The normalized spacial score (nSPS) is 20.4. The van der Waals surface area contributed by atoms with Crippen molar-refractivity contribution in [1.82, 2.24) is 10.2 Å². The van der Waals surface area contributed by atoms with Crippen LogP contribution >= 0.6 is 38.9 Å². The highest BCUT2D eigenvalue weighted by Crippen LogP contribution is 2.35. The zero-order valence-electron chi connectivity index (χ0n) is 12.7.